The van der Waals surface area contributed by atoms with Crippen molar-refractivity contribution in [2.75, 3.05) is 5.32 Å². The number of rotatable bonds is 4. The van der Waals surface area contributed by atoms with Crippen molar-refractivity contribution in [1.29, 1.82) is 0 Å². The molecule has 1 N–H and O–H groups in total. The van der Waals surface area contributed by atoms with Crippen LogP contribution in [0, 0.1) is 12.3 Å². The smallest absolute Gasteiger partial charge is 0.0518 e. The molecule has 2 aromatic carbocycles. The van der Waals surface area contributed by atoms with Gasteiger partial charge >= 0.3 is 0 Å². The van der Waals surface area contributed by atoms with Crippen LogP contribution in [0.1, 0.15) is 44.4 Å². The molecule has 0 saturated heterocycles. The van der Waals surface area contributed by atoms with Crippen LogP contribution in [0.4, 0.5) is 5.69 Å². The lowest BCUT2D eigenvalue weighted by atomic mass is 9.85. The maximum Gasteiger partial charge on any atom is 0.0518 e. The van der Waals surface area contributed by atoms with Crippen LogP contribution in [-0.4, -0.2) is 0 Å². The highest BCUT2D eigenvalue weighted by molar-refractivity contribution is 9.10. The van der Waals surface area contributed by atoms with Gasteiger partial charge in [0.1, 0.15) is 0 Å². The molecular formula is C19H24BrN. The third-order valence-corrected chi connectivity index (χ3v) is 4.41. The van der Waals surface area contributed by atoms with Crippen molar-refractivity contribution in [3.8, 4) is 0 Å². The summed E-state index contributed by atoms with van der Waals surface area (Å²) in [5.41, 5.74) is 4.04. The summed E-state index contributed by atoms with van der Waals surface area (Å²) in [4.78, 5) is 0. The van der Waals surface area contributed by atoms with Gasteiger partial charge in [-0.25, -0.2) is 0 Å². The van der Waals surface area contributed by atoms with Crippen molar-refractivity contribution >= 4 is 21.6 Å². The quantitative estimate of drug-likeness (QED) is 0.680. The fraction of sp³-hybridized carbons (Fsp3) is 0.368. The second kappa shape index (κ2) is 6.65. The van der Waals surface area contributed by atoms with Gasteiger partial charge in [-0.15, -0.1) is 0 Å². The average molecular weight is 346 g/mol. The van der Waals surface area contributed by atoms with Crippen molar-refractivity contribution in [2.24, 2.45) is 5.41 Å². The summed E-state index contributed by atoms with van der Waals surface area (Å²) < 4.78 is 1.15. The molecule has 2 rings (SSSR count). The third-order valence-electron chi connectivity index (χ3n) is 3.52. The minimum atomic E-state index is 0.276. The average Bonchev–Trinajstić information content (AvgIpc) is 2.42. The van der Waals surface area contributed by atoms with Gasteiger partial charge in [0.15, 0.2) is 0 Å². The van der Waals surface area contributed by atoms with Gasteiger partial charge in [0.25, 0.3) is 0 Å². The molecule has 112 valence electrons. The number of anilines is 1. The van der Waals surface area contributed by atoms with E-state index in [1.807, 2.05) is 0 Å². The highest BCUT2D eigenvalue weighted by atomic mass is 79.9. The summed E-state index contributed by atoms with van der Waals surface area (Å²) in [5, 5.41) is 3.70. The van der Waals surface area contributed by atoms with Crippen molar-refractivity contribution in [1.82, 2.24) is 0 Å². The number of hydrogen-bond acceptors (Lipinski definition) is 1. The van der Waals surface area contributed by atoms with Crippen LogP contribution in [0.15, 0.2) is 53.0 Å². The Morgan fingerprint density at radius 2 is 1.71 bits per heavy atom. The van der Waals surface area contributed by atoms with Gasteiger partial charge in [0.2, 0.25) is 0 Å². The zero-order valence-electron chi connectivity index (χ0n) is 13.3. The standard InChI is InChI=1S/C19H24BrN/c1-14-12-16(10-11-17(14)20)21-18(13-19(2,3)4)15-8-6-5-7-9-15/h5-12,18,21H,13H2,1-4H3. The molecule has 0 bridgehead atoms. The summed E-state index contributed by atoms with van der Waals surface area (Å²) in [7, 11) is 0. The molecule has 1 unspecified atom stereocenters. The second-order valence-corrected chi connectivity index (χ2v) is 7.69. The van der Waals surface area contributed by atoms with E-state index in [4.69, 9.17) is 0 Å². The van der Waals surface area contributed by atoms with E-state index in [1.54, 1.807) is 0 Å². The van der Waals surface area contributed by atoms with Crippen LogP contribution < -0.4 is 5.32 Å². The van der Waals surface area contributed by atoms with Gasteiger partial charge in [-0.2, -0.15) is 0 Å². The molecule has 0 fully saturated rings. The topological polar surface area (TPSA) is 12.0 Å². The predicted molar refractivity (Wildman–Crippen MR) is 95.8 cm³/mol. The van der Waals surface area contributed by atoms with E-state index < -0.39 is 0 Å². The molecule has 0 amide bonds. The van der Waals surface area contributed by atoms with E-state index in [0.29, 0.717) is 6.04 Å². The zero-order chi connectivity index (χ0) is 15.5. The van der Waals surface area contributed by atoms with Crippen molar-refractivity contribution in [3.63, 3.8) is 0 Å². The van der Waals surface area contributed by atoms with Gasteiger partial charge in [0, 0.05) is 10.2 Å². The highest BCUT2D eigenvalue weighted by Gasteiger charge is 2.20. The monoisotopic (exact) mass is 345 g/mol. The molecule has 0 heterocycles. The van der Waals surface area contributed by atoms with E-state index in [0.717, 1.165) is 10.9 Å². The summed E-state index contributed by atoms with van der Waals surface area (Å²) in [6.45, 7) is 8.99. The lowest BCUT2D eigenvalue weighted by Gasteiger charge is -2.28. The summed E-state index contributed by atoms with van der Waals surface area (Å²) in [6.07, 6.45) is 1.09. The number of nitrogens with one attached hydrogen (secondary N) is 1. The maximum absolute atomic E-state index is 3.70. The van der Waals surface area contributed by atoms with E-state index in [1.165, 1.54) is 16.8 Å². The van der Waals surface area contributed by atoms with Crippen LogP contribution >= 0.6 is 15.9 Å². The Bertz CT molecular complexity index is 584. The molecule has 1 nitrogen and oxygen atoms in total. The normalized spacial score (nSPS) is 13.0. The molecule has 0 aliphatic heterocycles. The second-order valence-electron chi connectivity index (χ2n) is 6.84. The lowest BCUT2D eigenvalue weighted by Crippen LogP contribution is -2.18. The van der Waals surface area contributed by atoms with Crippen molar-refractivity contribution in [3.05, 3.63) is 64.1 Å². The molecule has 2 heteroatoms. The lowest BCUT2D eigenvalue weighted by molar-refractivity contribution is 0.352. The molecule has 0 aliphatic rings. The largest absolute Gasteiger partial charge is 0.378 e. The van der Waals surface area contributed by atoms with Crippen molar-refractivity contribution < 1.29 is 0 Å². The van der Waals surface area contributed by atoms with Crippen molar-refractivity contribution in [2.45, 2.75) is 40.2 Å². The van der Waals surface area contributed by atoms with Crippen LogP contribution in [0.3, 0.4) is 0 Å². The first kappa shape index (κ1) is 16.1. The SMILES string of the molecule is Cc1cc(NC(CC(C)(C)C)c2ccccc2)ccc1Br. The van der Waals surface area contributed by atoms with Crippen LogP contribution in [0.2, 0.25) is 0 Å². The fourth-order valence-electron chi connectivity index (χ4n) is 2.49. The zero-order valence-corrected chi connectivity index (χ0v) is 14.9. The predicted octanol–water partition coefficient (Wildman–Crippen LogP) is 6.35. The third kappa shape index (κ3) is 4.89. The van der Waals surface area contributed by atoms with Crippen LogP contribution in [0.5, 0.6) is 0 Å². The number of halogens is 1. The number of hydrogen-bond donors (Lipinski definition) is 1. The van der Waals surface area contributed by atoms with Gasteiger partial charge in [-0.1, -0.05) is 67.0 Å². The van der Waals surface area contributed by atoms with E-state index >= 15 is 0 Å². The van der Waals surface area contributed by atoms with Gasteiger partial charge in [-0.3, -0.25) is 0 Å². The maximum atomic E-state index is 3.70. The van der Waals surface area contributed by atoms with Crippen LogP contribution in [-0.2, 0) is 0 Å². The Kier molecular flexibility index (Phi) is 5.10. The fourth-order valence-corrected chi connectivity index (χ4v) is 2.73. The number of aryl methyl sites for hydroxylation is 1. The summed E-state index contributed by atoms with van der Waals surface area (Å²) in [5.74, 6) is 0. The minimum Gasteiger partial charge on any atom is -0.378 e. The first-order valence-corrected chi connectivity index (χ1v) is 8.22. The molecule has 21 heavy (non-hydrogen) atoms. The van der Waals surface area contributed by atoms with E-state index in [9.17, 15) is 0 Å². The Labute approximate surface area is 136 Å². The van der Waals surface area contributed by atoms with Gasteiger partial charge in [-0.05, 0) is 48.1 Å². The molecule has 1 atom stereocenters. The van der Waals surface area contributed by atoms with Gasteiger partial charge in [0.05, 0.1) is 6.04 Å². The molecule has 0 radical (unpaired) electrons. The minimum absolute atomic E-state index is 0.276. The summed E-state index contributed by atoms with van der Waals surface area (Å²) >= 11 is 3.56. The summed E-state index contributed by atoms with van der Waals surface area (Å²) in [6, 6.07) is 17.5. The molecule has 0 saturated carbocycles. The Morgan fingerprint density at radius 3 is 2.29 bits per heavy atom. The molecule has 0 spiro atoms. The Morgan fingerprint density at radius 1 is 1.05 bits per heavy atom. The van der Waals surface area contributed by atoms with Gasteiger partial charge < -0.3 is 5.32 Å². The Hall–Kier alpha value is -1.28. The molecular weight excluding hydrogens is 322 g/mol. The molecule has 0 aromatic heterocycles. The first-order valence-electron chi connectivity index (χ1n) is 7.43. The van der Waals surface area contributed by atoms with Crippen LogP contribution in [0.25, 0.3) is 0 Å². The number of benzene rings is 2. The molecule has 0 aliphatic carbocycles. The molecule has 2 aromatic rings. The van der Waals surface area contributed by atoms with E-state index in [2.05, 4.69) is 97.5 Å². The highest BCUT2D eigenvalue weighted by Crippen LogP contribution is 2.32. The Balaban J connectivity index is 2.25. The first-order chi connectivity index (χ1) is 9.85. The van der Waals surface area contributed by atoms with E-state index in [-0.39, 0.29) is 5.41 Å².